The standard InChI is InChI=1S/C22H17ClN2O4/c1-25-9-8-13(11-25)28-17-7-6-12(10-16(17)23)22-24-18-19(26)14-4-2-3-5-15(14)20(27)21(18)29-22/h2-7,10,13H,8-9,11H2,1H3/t13-/m1/s1. The number of benzene rings is 2. The second-order valence-corrected chi connectivity index (χ2v) is 7.74. The maximum atomic E-state index is 12.7. The number of ether oxygens (including phenoxy) is 1. The number of halogens is 1. The van der Waals surface area contributed by atoms with Crippen molar-refractivity contribution in [2.24, 2.45) is 0 Å². The number of oxazole rings is 1. The van der Waals surface area contributed by atoms with Crippen LogP contribution >= 0.6 is 11.6 Å². The predicted molar refractivity (Wildman–Crippen MR) is 107 cm³/mol. The molecule has 2 heterocycles. The van der Waals surface area contributed by atoms with E-state index in [0.717, 1.165) is 19.5 Å². The molecule has 2 aromatic carbocycles. The monoisotopic (exact) mass is 408 g/mol. The highest BCUT2D eigenvalue weighted by molar-refractivity contribution is 6.32. The summed E-state index contributed by atoms with van der Waals surface area (Å²) in [6, 6.07) is 11.9. The molecule has 1 saturated heterocycles. The van der Waals surface area contributed by atoms with Crippen LogP contribution in [0.5, 0.6) is 5.75 Å². The summed E-state index contributed by atoms with van der Waals surface area (Å²) in [5, 5.41) is 0.425. The SMILES string of the molecule is CN1CC[C@@H](Oc2ccc(-c3nc4c(o3)C(=O)c3ccccc3C4=O)cc2Cl)C1. The number of hydrogen-bond acceptors (Lipinski definition) is 6. The van der Waals surface area contributed by atoms with Gasteiger partial charge >= 0.3 is 0 Å². The number of hydrogen-bond donors (Lipinski definition) is 0. The van der Waals surface area contributed by atoms with Crippen LogP contribution in [0.25, 0.3) is 11.5 Å². The topological polar surface area (TPSA) is 72.6 Å². The summed E-state index contributed by atoms with van der Waals surface area (Å²) in [5.74, 6) is 0.0752. The number of carbonyl (C=O) groups excluding carboxylic acids is 2. The van der Waals surface area contributed by atoms with Gasteiger partial charge < -0.3 is 14.1 Å². The first-order valence-electron chi connectivity index (χ1n) is 9.35. The number of carbonyl (C=O) groups is 2. The second kappa shape index (κ2) is 6.83. The Bertz CT molecular complexity index is 1100. The first kappa shape index (κ1) is 18.1. The Morgan fingerprint density at radius 3 is 2.59 bits per heavy atom. The number of likely N-dealkylation sites (tertiary alicyclic amines) is 1. The van der Waals surface area contributed by atoms with Crippen molar-refractivity contribution < 1.29 is 18.7 Å². The summed E-state index contributed by atoms with van der Waals surface area (Å²) in [7, 11) is 2.05. The average molecular weight is 409 g/mol. The van der Waals surface area contributed by atoms with Gasteiger partial charge in [0.2, 0.25) is 23.2 Å². The molecule has 1 aliphatic carbocycles. The molecule has 5 rings (SSSR count). The van der Waals surface area contributed by atoms with Gasteiger partial charge in [-0.1, -0.05) is 35.9 Å². The lowest BCUT2D eigenvalue weighted by Crippen LogP contribution is -2.21. The highest BCUT2D eigenvalue weighted by Gasteiger charge is 2.35. The van der Waals surface area contributed by atoms with Gasteiger partial charge in [0.25, 0.3) is 0 Å². The molecule has 0 amide bonds. The first-order chi connectivity index (χ1) is 14.0. The Kier molecular flexibility index (Phi) is 4.26. The third-order valence-corrected chi connectivity index (χ3v) is 5.58. The molecule has 1 aromatic heterocycles. The molecule has 0 unspecified atom stereocenters. The van der Waals surface area contributed by atoms with E-state index in [0.29, 0.717) is 27.5 Å². The Balaban J connectivity index is 1.46. The van der Waals surface area contributed by atoms with Gasteiger partial charge in [-0.25, -0.2) is 4.98 Å². The van der Waals surface area contributed by atoms with Crippen molar-refractivity contribution in [1.29, 1.82) is 0 Å². The Labute approximate surface area is 172 Å². The zero-order valence-corrected chi connectivity index (χ0v) is 16.4. The molecule has 29 heavy (non-hydrogen) atoms. The van der Waals surface area contributed by atoms with Crippen molar-refractivity contribution in [2.75, 3.05) is 20.1 Å². The zero-order chi connectivity index (χ0) is 20.1. The molecule has 0 bridgehead atoms. The maximum absolute atomic E-state index is 12.7. The quantitative estimate of drug-likeness (QED) is 0.512. The molecule has 0 saturated carbocycles. The number of likely N-dealkylation sites (N-methyl/N-ethyl adjacent to an activating group) is 1. The summed E-state index contributed by atoms with van der Waals surface area (Å²) < 4.78 is 11.7. The fourth-order valence-electron chi connectivity index (χ4n) is 3.78. The normalized spacial score (nSPS) is 18.6. The molecule has 0 spiro atoms. The average Bonchev–Trinajstić information content (AvgIpc) is 3.34. The smallest absolute Gasteiger partial charge is 0.231 e. The van der Waals surface area contributed by atoms with Gasteiger partial charge in [-0.3, -0.25) is 9.59 Å². The van der Waals surface area contributed by atoms with E-state index in [2.05, 4.69) is 16.9 Å². The summed E-state index contributed by atoms with van der Waals surface area (Å²) in [5.41, 5.74) is 1.28. The minimum atomic E-state index is -0.342. The molecule has 7 heteroatoms. The summed E-state index contributed by atoms with van der Waals surface area (Å²) in [6.07, 6.45) is 1.05. The van der Waals surface area contributed by atoms with Crippen molar-refractivity contribution >= 4 is 23.2 Å². The van der Waals surface area contributed by atoms with Gasteiger partial charge in [-0.05, 0) is 31.7 Å². The maximum Gasteiger partial charge on any atom is 0.231 e. The van der Waals surface area contributed by atoms with Crippen LogP contribution in [0, 0.1) is 0 Å². The van der Waals surface area contributed by atoms with Crippen LogP contribution < -0.4 is 4.74 Å². The third-order valence-electron chi connectivity index (χ3n) is 5.29. The zero-order valence-electron chi connectivity index (χ0n) is 15.6. The van der Waals surface area contributed by atoms with Crippen LogP contribution in [-0.4, -0.2) is 47.7 Å². The summed E-state index contributed by atoms with van der Waals surface area (Å²) in [4.78, 5) is 31.9. The molecule has 0 radical (unpaired) electrons. The van der Waals surface area contributed by atoms with E-state index in [1.807, 2.05) is 0 Å². The van der Waals surface area contributed by atoms with Crippen molar-refractivity contribution in [2.45, 2.75) is 12.5 Å². The van der Waals surface area contributed by atoms with Crippen molar-refractivity contribution in [3.8, 4) is 17.2 Å². The van der Waals surface area contributed by atoms with Crippen LogP contribution in [0.3, 0.4) is 0 Å². The van der Waals surface area contributed by atoms with E-state index >= 15 is 0 Å². The van der Waals surface area contributed by atoms with Crippen molar-refractivity contribution in [1.82, 2.24) is 9.88 Å². The Morgan fingerprint density at radius 1 is 1.14 bits per heavy atom. The summed E-state index contributed by atoms with van der Waals surface area (Å²) >= 11 is 6.41. The van der Waals surface area contributed by atoms with Crippen LogP contribution in [0.1, 0.15) is 38.6 Å². The minimum Gasteiger partial charge on any atom is -0.487 e. The molecule has 6 nitrogen and oxygen atoms in total. The lowest BCUT2D eigenvalue weighted by Gasteiger charge is -2.15. The van der Waals surface area contributed by atoms with Crippen LogP contribution in [0.2, 0.25) is 5.02 Å². The van der Waals surface area contributed by atoms with E-state index in [1.165, 1.54) is 0 Å². The lowest BCUT2D eigenvalue weighted by molar-refractivity contribution is 0.0959. The first-order valence-corrected chi connectivity index (χ1v) is 9.73. The molecular weight excluding hydrogens is 392 g/mol. The van der Waals surface area contributed by atoms with Crippen molar-refractivity contribution in [3.63, 3.8) is 0 Å². The van der Waals surface area contributed by atoms with Gasteiger partial charge in [0.15, 0.2) is 5.69 Å². The molecule has 3 aromatic rings. The largest absolute Gasteiger partial charge is 0.487 e. The predicted octanol–water partition coefficient (Wildman–Crippen LogP) is 3.85. The van der Waals surface area contributed by atoms with Crippen molar-refractivity contribution in [3.05, 3.63) is 70.1 Å². The van der Waals surface area contributed by atoms with E-state index in [-0.39, 0.29) is 35.0 Å². The van der Waals surface area contributed by atoms with Gasteiger partial charge in [0.1, 0.15) is 11.9 Å². The van der Waals surface area contributed by atoms with Gasteiger partial charge in [-0.15, -0.1) is 0 Å². The molecular formula is C22H17ClN2O4. The molecule has 1 fully saturated rings. The van der Waals surface area contributed by atoms with Crippen LogP contribution in [-0.2, 0) is 0 Å². The second-order valence-electron chi connectivity index (χ2n) is 7.34. The molecule has 146 valence electrons. The van der Waals surface area contributed by atoms with Gasteiger partial charge in [-0.2, -0.15) is 0 Å². The highest BCUT2D eigenvalue weighted by atomic mass is 35.5. The van der Waals surface area contributed by atoms with Gasteiger partial charge in [0, 0.05) is 29.8 Å². The highest BCUT2D eigenvalue weighted by Crippen LogP contribution is 2.34. The summed E-state index contributed by atoms with van der Waals surface area (Å²) in [6.45, 7) is 1.85. The fourth-order valence-corrected chi connectivity index (χ4v) is 4.01. The molecule has 0 N–H and O–H groups in total. The fraction of sp³-hybridized carbons (Fsp3) is 0.227. The number of nitrogens with zero attached hydrogens (tertiary/aromatic N) is 2. The Hall–Kier alpha value is -2.96. The third kappa shape index (κ3) is 3.05. The minimum absolute atomic E-state index is 0.0332. The number of rotatable bonds is 3. The number of fused-ring (bicyclic) bond motifs is 2. The van der Waals surface area contributed by atoms with Gasteiger partial charge in [0.05, 0.1) is 5.02 Å². The molecule has 1 aliphatic heterocycles. The number of ketones is 2. The van der Waals surface area contributed by atoms with E-state index in [1.54, 1.807) is 42.5 Å². The van der Waals surface area contributed by atoms with Crippen LogP contribution in [0.4, 0.5) is 0 Å². The lowest BCUT2D eigenvalue weighted by atomic mass is 9.91. The van der Waals surface area contributed by atoms with Crippen LogP contribution in [0.15, 0.2) is 46.9 Å². The van der Waals surface area contributed by atoms with E-state index < -0.39 is 0 Å². The van der Waals surface area contributed by atoms with E-state index in [9.17, 15) is 9.59 Å². The van der Waals surface area contributed by atoms with E-state index in [4.69, 9.17) is 20.8 Å². The number of aromatic nitrogens is 1. The molecule has 1 atom stereocenters. The Morgan fingerprint density at radius 2 is 1.90 bits per heavy atom. The molecule has 2 aliphatic rings.